The summed E-state index contributed by atoms with van der Waals surface area (Å²) in [6.45, 7) is 0.498. The zero-order valence-electron chi connectivity index (χ0n) is 13.1. The van der Waals surface area contributed by atoms with Gasteiger partial charge in [0.2, 0.25) is 5.91 Å². The molecule has 1 heterocycles. The van der Waals surface area contributed by atoms with Crippen LogP contribution in [-0.2, 0) is 17.8 Å². The average Bonchev–Trinajstić information content (AvgIpc) is 2.93. The molecule has 0 saturated carbocycles. The van der Waals surface area contributed by atoms with Crippen LogP contribution in [0, 0.1) is 0 Å². The number of carbonyl (C=O) groups is 2. The minimum Gasteiger partial charge on any atom is -0.368 e. The van der Waals surface area contributed by atoms with Gasteiger partial charge in [-0.1, -0.05) is 30.3 Å². The fourth-order valence-corrected chi connectivity index (χ4v) is 2.63. The summed E-state index contributed by atoms with van der Waals surface area (Å²) < 4.78 is 1.80. The van der Waals surface area contributed by atoms with E-state index in [1.807, 2.05) is 42.5 Å². The maximum absolute atomic E-state index is 12.1. The molecule has 122 valence electrons. The highest BCUT2D eigenvalue weighted by Crippen LogP contribution is 2.16. The number of fused-ring (bicyclic) bond motifs is 1. The van der Waals surface area contributed by atoms with Crippen molar-refractivity contribution in [2.24, 2.45) is 5.73 Å². The van der Waals surface area contributed by atoms with Crippen LogP contribution < -0.4 is 11.1 Å². The highest BCUT2D eigenvalue weighted by Gasteiger charge is 2.12. The third kappa shape index (κ3) is 3.43. The highest BCUT2D eigenvalue weighted by molar-refractivity contribution is 5.94. The number of primary amides is 1. The summed E-state index contributed by atoms with van der Waals surface area (Å²) in [7, 11) is 0. The molecule has 0 aliphatic heterocycles. The molecular formula is C18H18N4O2. The smallest absolute Gasteiger partial charge is 0.251 e. The second-order valence-corrected chi connectivity index (χ2v) is 5.44. The molecular weight excluding hydrogens is 304 g/mol. The molecule has 0 spiro atoms. The number of carbonyl (C=O) groups excluding carboxylic acids is 2. The van der Waals surface area contributed by atoms with Gasteiger partial charge >= 0.3 is 0 Å². The van der Waals surface area contributed by atoms with Crippen LogP contribution in [-0.4, -0.2) is 27.9 Å². The van der Waals surface area contributed by atoms with Crippen molar-refractivity contribution in [3.05, 3.63) is 66.0 Å². The van der Waals surface area contributed by atoms with Crippen molar-refractivity contribution in [2.45, 2.75) is 13.0 Å². The number of amides is 2. The highest BCUT2D eigenvalue weighted by atomic mass is 16.2. The molecule has 6 nitrogen and oxygen atoms in total. The molecule has 0 fully saturated rings. The summed E-state index contributed by atoms with van der Waals surface area (Å²) in [6, 6.07) is 16.6. The topological polar surface area (TPSA) is 90.0 Å². The van der Waals surface area contributed by atoms with Crippen LogP contribution in [0.2, 0.25) is 0 Å². The number of hydrogen-bond donors (Lipinski definition) is 2. The molecule has 0 atom stereocenters. The van der Waals surface area contributed by atoms with E-state index in [1.54, 1.807) is 16.7 Å². The molecule has 2 aromatic carbocycles. The number of nitrogens with one attached hydrogen (secondary N) is 1. The lowest BCUT2D eigenvalue weighted by molar-refractivity contribution is -0.118. The van der Waals surface area contributed by atoms with Gasteiger partial charge < -0.3 is 15.6 Å². The van der Waals surface area contributed by atoms with E-state index in [0.717, 1.165) is 16.9 Å². The Hall–Kier alpha value is -3.15. The molecule has 2 amide bonds. The molecule has 24 heavy (non-hydrogen) atoms. The SMILES string of the molecule is NC(=O)Cn1c(CCNC(=O)c2ccccc2)nc2ccccc21. The average molecular weight is 322 g/mol. The molecule has 0 aliphatic rings. The molecule has 3 N–H and O–H groups in total. The van der Waals surface area contributed by atoms with Crippen molar-refractivity contribution in [2.75, 3.05) is 6.54 Å². The van der Waals surface area contributed by atoms with Crippen molar-refractivity contribution in [1.29, 1.82) is 0 Å². The first-order valence-corrected chi connectivity index (χ1v) is 7.71. The predicted octanol–water partition coefficient (Wildman–Crippen LogP) is 1.49. The first-order chi connectivity index (χ1) is 11.6. The van der Waals surface area contributed by atoms with E-state index in [1.165, 1.54) is 0 Å². The Kier molecular flexibility index (Phi) is 4.56. The zero-order valence-corrected chi connectivity index (χ0v) is 13.1. The summed E-state index contributed by atoms with van der Waals surface area (Å²) in [5.41, 5.74) is 7.62. The van der Waals surface area contributed by atoms with E-state index in [0.29, 0.717) is 18.5 Å². The Bertz CT molecular complexity index is 871. The molecule has 3 rings (SSSR count). The summed E-state index contributed by atoms with van der Waals surface area (Å²) in [5, 5.41) is 2.86. The van der Waals surface area contributed by atoms with Gasteiger partial charge in [0.1, 0.15) is 12.4 Å². The van der Waals surface area contributed by atoms with Gasteiger partial charge in [0.25, 0.3) is 5.91 Å². The van der Waals surface area contributed by atoms with Crippen molar-refractivity contribution >= 4 is 22.8 Å². The van der Waals surface area contributed by atoms with Gasteiger partial charge in [-0.05, 0) is 24.3 Å². The van der Waals surface area contributed by atoms with Gasteiger partial charge in [-0.25, -0.2) is 4.98 Å². The summed E-state index contributed by atoms with van der Waals surface area (Å²) >= 11 is 0. The third-order valence-electron chi connectivity index (χ3n) is 3.72. The van der Waals surface area contributed by atoms with E-state index < -0.39 is 5.91 Å². The van der Waals surface area contributed by atoms with Crippen LogP contribution in [0.5, 0.6) is 0 Å². The van der Waals surface area contributed by atoms with Crippen molar-refractivity contribution in [3.63, 3.8) is 0 Å². The van der Waals surface area contributed by atoms with Crippen molar-refractivity contribution in [3.8, 4) is 0 Å². The number of nitrogens with two attached hydrogens (primary N) is 1. The quantitative estimate of drug-likeness (QED) is 0.720. The monoisotopic (exact) mass is 322 g/mol. The molecule has 6 heteroatoms. The van der Waals surface area contributed by atoms with Crippen molar-refractivity contribution < 1.29 is 9.59 Å². The first-order valence-electron chi connectivity index (χ1n) is 7.71. The predicted molar refractivity (Wildman–Crippen MR) is 91.4 cm³/mol. The summed E-state index contributed by atoms with van der Waals surface area (Å²) in [6.07, 6.45) is 0.514. The largest absolute Gasteiger partial charge is 0.368 e. The van der Waals surface area contributed by atoms with E-state index in [2.05, 4.69) is 10.3 Å². The fourth-order valence-electron chi connectivity index (χ4n) is 2.63. The minimum absolute atomic E-state index is 0.0719. The molecule has 0 aliphatic carbocycles. The zero-order chi connectivity index (χ0) is 16.9. The van der Waals surface area contributed by atoms with Crippen molar-refractivity contribution in [1.82, 2.24) is 14.9 Å². The van der Waals surface area contributed by atoms with Crippen LogP contribution in [0.4, 0.5) is 0 Å². The van der Waals surface area contributed by atoms with Gasteiger partial charge in [0.15, 0.2) is 0 Å². The molecule has 0 saturated heterocycles. The second-order valence-electron chi connectivity index (χ2n) is 5.44. The van der Waals surface area contributed by atoms with Crippen LogP contribution in [0.3, 0.4) is 0 Å². The number of benzene rings is 2. The second kappa shape index (κ2) is 6.95. The normalized spacial score (nSPS) is 10.7. The van der Waals surface area contributed by atoms with Gasteiger partial charge in [-0.3, -0.25) is 9.59 Å². The van der Waals surface area contributed by atoms with Crippen LogP contribution >= 0.6 is 0 Å². The molecule has 1 aromatic heterocycles. The molecule has 3 aromatic rings. The van der Waals surface area contributed by atoms with E-state index in [4.69, 9.17) is 5.73 Å². The maximum Gasteiger partial charge on any atom is 0.251 e. The Morgan fingerprint density at radius 2 is 1.75 bits per heavy atom. The Morgan fingerprint density at radius 1 is 1.04 bits per heavy atom. The lowest BCUT2D eigenvalue weighted by Gasteiger charge is -2.08. The lowest BCUT2D eigenvalue weighted by Crippen LogP contribution is -2.27. The third-order valence-corrected chi connectivity index (χ3v) is 3.72. The number of rotatable bonds is 6. The van der Waals surface area contributed by atoms with E-state index in [9.17, 15) is 9.59 Å². The van der Waals surface area contributed by atoms with Gasteiger partial charge in [-0.2, -0.15) is 0 Å². The Morgan fingerprint density at radius 3 is 2.50 bits per heavy atom. The van der Waals surface area contributed by atoms with E-state index >= 15 is 0 Å². The number of hydrogen-bond acceptors (Lipinski definition) is 3. The lowest BCUT2D eigenvalue weighted by atomic mass is 10.2. The number of nitrogens with zero attached hydrogens (tertiary/aromatic N) is 2. The van der Waals surface area contributed by atoms with Crippen LogP contribution in [0.1, 0.15) is 16.2 Å². The van der Waals surface area contributed by atoms with E-state index in [-0.39, 0.29) is 12.5 Å². The summed E-state index contributed by atoms with van der Waals surface area (Å²) in [5.74, 6) is 0.171. The Balaban J connectivity index is 1.73. The first kappa shape index (κ1) is 15.7. The van der Waals surface area contributed by atoms with Gasteiger partial charge in [0.05, 0.1) is 11.0 Å². The van der Waals surface area contributed by atoms with Gasteiger partial charge in [-0.15, -0.1) is 0 Å². The summed E-state index contributed by atoms with van der Waals surface area (Å²) in [4.78, 5) is 27.9. The molecule has 0 unspecified atom stereocenters. The number of aromatic nitrogens is 2. The Labute approximate surface area is 139 Å². The number of imidazole rings is 1. The standard InChI is InChI=1S/C18H18N4O2/c19-16(23)12-22-15-9-5-4-8-14(15)21-17(22)10-11-20-18(24)13-6-2-1-3-7-13/h1-9H,10-12H2,(H2,19,23)(H,20,24). The molecule has 0 bridgehead atoms. The molecule has 0 radical (unpaired) electrons. The fraction of sp³-hybridized carbons (Fsp3) is 0.167. The van der Waals surface area contributed by atoms with Gasteiger partial charge in [0, 0.05) is 18.5 Å². The van der Waals surface area contributed by atoms with Crippen LogP contribution in [0.25, 0.3) is 11.0 Å². The minimum atomic E-state index is -0.423. The number of para-hydroxylation sites is 2. The van der Waals surface area contributed by atoms with Crippen LogP contribution in [0.15, 0.2) is 54.6 Å². The maximum atomic E-state index is 12.1.